The van der Waals surface area contributed by atoms with Crippen molar-refractivity contribution in [1.29, 1.82) is 0 Å². The van der Waals surface area contributed by atoms with Gasteiger partial charge >= 0.3 is 88.3 Å². The fourth-order valence-electron chi connectivity index (χ4n) is 6.63. The fourth-order valence-corrected chi connectivity index (χ4v) is 11.2. The van der Waals surface area contributed by atoms with E-state index >= 15 is 0 Å². The van der Waals surface area contributed by atoms with Crippen LogP contribution in [-0.2, 0) is 40.5 Å². The second-order valence-corrected chi connectivity index (χ2v) is 19.9. The van der Waals surface area contributed by atoms with Crippen LogP contribution in [0, 0.1) is 0 Å². The van der Waals surface area contributed by atoms with E-state index in [-0.39, 0.29) is 82.1 Å². The van der Waals surface area contributed by atoms with Crippen molar-refractivity contribution in [2.24, 2.45) is 0 Å². The van der Waals surface area contributed by atoms with Crippen molar-refractivity contribution in [1.82, 2.24) is 9.97 Å². The van der Waals surface area contributed by atoms with Gasteiger partial charge in [-0.3, -0.25) is 0 Å². The van der Waals surface area contributed by atoms with Gasteiger partial charge in [0.25, 0.3) is 0 Å². The molecule has 2 aliphatic rings. The number of rotatable bonds is 8. The van der Waals surface area contributed by atoms with Gasteiger partial charge in [0.2, 0.25) is 11.8 Å². The van der Waals surface area contributed by atoms with Crippen LogP contribution in [0.25, 0.3) is 43.4 Å². The Morgan fingerprint density at radius 3 is 1.03 bits per heavy atom. The Balaban J connectivity index is 0.000000186. The molecule has 0 spiro atoms. The number of fused-ring (bicyclic) bond motifs is 8. The molecule has 0 radical (unpaired) electrons. The number of nitrogens with zero attached hydrogens (tertiary/aromatic N) is 2. The Kier molecular flexibility index (Phi) is 12.7. The third-order valence-electron chi connectivity index (χ3n) is 9.39. The first-order chi connectivity index (χ1) is 29.4. The van der Waals surface area contributed by atoms with Gasteiger partial charge in [-0.25, -0.2) is 26.8 Å². The smallest absolute Gasteiger partial charge is 0.741 e. The third-order valence-corrected chi connectivity index (χ3v) is 15.7. The maximum atomic E-state index is 12.9. The van der Waals surface area contributed by atoms with Gasteiger partial charge in [-0.2, -0.15) is 16.8 Å². The molecule has 316 valence electrons. The largest absolute Gasteiger partial charge is 1.00 e. The van der Waals surface area contributed by atoms with E-state index in [9.17, 15) is 42.8 Å². The van der Waals surface area contributed by atoms with Gasteiger partial charge in [0, 0.05) is 22.9 Å². The van der Waals surface area contributed by atoms with Gasteiger partial charge in [0.1, 0.15) is 0 Å². The summed E-state index contributed by atoms with van der Waals surface area (Å²) < 4.78 is 146. The minimum Gasteiger partial charge on any atom is -0.741 e. The molecule has 2 aromatic heterocycles. The molecule has 0 unspecified atom stereocenters. The van der Waals surface area contributed by atoms with Gasteiger partial charge in [-0.1, -0.05) is 84.9 Å². The van der Waals surface area contributed by atoms with E-state index in [0.717, 1.165) is 32.3 Å². The Bertz CT molecular complexity index is 3330. The van der Waals surface area contributed by atoms with Crippen LogP contribution in [0.15, 0.2) is 146 Å². The van der Waals surface area contributed by atoms with Crippen LogP contribution in [0.3, 0.4) is 0 Å². The Labute approximate surface area is 408 Å². The standard InChI is InChI=1S/2C20H13NO8S2.2Na/c2*22-30(23,24)20(27-17-7-3-4-8-18(17)28-20)31(25,26)29-19-12-10-15-14-6-2-1-5-13(14)9-11-16(15)21-19;;/h2*1-12H,(H,22,23,24);;/q;;2*+1/p-2. The molecule has 18 nitrogen and oxygen atoms in total. The van der Waals surface area contributed by atoms with Crippen molar-refractivity contribution >= 4 is 83.8 Å². The maximum absolute atomic E-state index is 12.9. The molecular weight excluding hydrogens is 939 g/mol. The van der Waals surface area contributed by atoms with Crippen molar-refractivity contribution in [3.8, 4) is 34.8 Å². The number of pyridine rings is 2. The van der Waals surface area contributed by atoms with Crippen LogP contribution in [0.5, 0.6) is 34.8 Å². The quantitative estimate of drug-likeness (QED) is 0.0801. The number of para-hydroxylation sites is 4. The molecule has 10 rings (SSSR count). The van der Waals surface area contributed by atoms with Crippen molar-refractivity contribution in [3.63, 3.8) is 0 Å². The number of benzene rings is 6. The monoisotopic (exact) mass is 962 g/mol. The summed E-state index contributed by atoms with van der Waals surface area (Å²) in [5, 5.41) is 5.15. The normalized spacial score (nSPS) is 14.8. The van der Waals surface area contributed by atoms with Crippen LogP contribution in [-0.4, -0.2) is 61.6 Å². The summed E-state index contributed by atoms with van der Waals surface area (Å²) in [6, 6.07) is 38.5. The van der Waals surface area contributed by atoms with E-state index in [1.165, 1.54) is 60.7 Å². The molecule has 0 aliphatic carbocycles. The van der Waals surface area contributed by atoms with Crippen molar-refractivity contribution in [3.05, 3.63) is 146 Å². The van der Waals surface area contributed by atoms with Crippen LogP contribution in [0.1, 0.15) is 0 Å². The third kappa shape index (κ3) is 8.11. The van der Waals surface area contributed by atoms with Gasteiger partial charge in [-0.15, -0.1) is 0 Å². The molecule has 0 fully saturated rings. The van der Waals surface area contributed by atoms with Crippen molar-refractivity contribution < 1.29 is 129 Å². The maximum Gasteiger partial charge on any atom is 1.00 e. The molecule has 64 heavy (non-hydrogen) atoms. The molecule has 0 bridgehead atoms. The summed E-state index contributed by atoms with van der Waals surface area (Å²) in [6.07, 6.45) is 0. The number of hydrogen-bond donors (Lipinski definition) is 0. The molecule has 0 saturated carbocycles. The zero-order chi connectivity index (χ0) is 43.7. The molecule has 0 saturated heterocycles. The first-order valence-corrected chi connectivity index (χ1v) is 23.3. The molecule has 6 aromatic carbocycles. The molecule has 0 N–H and O–H groups in total. The summed E-state index contributed by atoms with van der Waals surface area (Å²) >= 11 is 0. The minimum absolute atomic E-state index is 0. The summed E-state index contributed by atoms with van der Waals surface area (Å²) in [6.45, 7) is 0. The van der Waals surface area contributed by atoms with E-state index < -0.39 is 61.1 Å². The zero-order valence-corrected chi connectivity index (χ0v) is 40.2. The van der Waals surface area contributed by atoms with Crippen LogP contribution in [0.4, 0.5) is 0 Å². The minimum atomic E-state index is -5.72. The summed E-state index contributed by atoms with van der Waals surface area (Å²) in [4.78, 5) is 8.27. The first kappa shape index (κ1) is 47.2. The van der Waals surface area contributed by atoms with E-state index in [2.05, 4.69) is 9.97 Å². The van der Waals surface area contributed by atoms with Gasteiger partial charge in [-0.05, 0) is 70.1 Å². The molecule has 0 atom stereocenters. The van der Waals surface area contributed by atoms with Crippen LogP contribution >= 0.6 is 0 Å². The number of ether oxygens (including phenoxy) is 4. The van der Waals surface area contributed by atoms with Crippen molar-refractivity contribution in [2.75, 3.05) is 0 Å². The average molecular weight is 963 g/mol. The van der Waals surface area contributed by atoms with Gasteiger partial charge in [0.05, 0.1) is 11.0 Å². The number of hydrogen-bond acceptors (Lipinski definition) is 18. The van der Waals surface area contributed by atoms with E-state index in [4.69, 9.17) is 27.3 Å². The zero-order valence-electron chi connectivity index (χ0n) is 32.9. The molecular formula is C40H24N2Na2O16S4. The molecule has 0 amide bonds. The SMILES string of the molecule is O=S(=O)([O-])C1(S(=O)(=O)Oc2ccc3c(ccc4ccccc43)n2)Oc2ccccc2O1.O=S(=O)([O-])C1(S(=O)(=O)Oc2ccc3c(ccc4ccccc43)n2)Oc2ccccc2O1.[Na+].[Na+]. The predicted molar refractivity (Wildman–Crippen MR) is 218 cm³/mol. The fraction of sp³-hybridized carbons (Fsp3) is 0.0500. The van der Waals surface area contributed by atoms with E-state index in [0.29, 0.717) is 11.0 Å². The van der Waals surface area contributed by atoms with Crippen LogP contribution in [0.2, 0.25) is 0 Å². The summed E-state index contributed by atoms with van der Waals surface area (Å²) in [5.41, 5.74) is 0.809. The second kappa shape index (κ2) is 17.2. The van der Waals surface area contributed by atoms with E-state index in [1.54, 1.807) is 36.4 Å². The van der Waals surface area contributed by atoms with Gasteiger partial charge in [0.15, 0.2) is 43.2 Å². The second-order valence-electron chi connectivity index (χ2n) is 13.3. The summed E-state index contributed by atoms with van der Waals surface area (Å²) in [7, 11) is -22.1. The topological polar surface area (TPSA) is 264 Å². The Hall–Kier alpha value is -4.82. The predicted octanol–water partition coefficient (Wildman–Crippen LogP) is -0.543. The van der Waals surface area contributed by atoms with Crippen LogP contribution < -0.4 is 86.4 Å². The number of aromatic nitrogens is 2. The summed E-state index contributed by atoms with van der Waals surface area (Å²) in [5.74, 6) is -1.82. The average Bonchev–Trinajstić information content (AvgIpc) is 3.86. The molecule has 8 aromatic rings. The Morgan fingerprint density at radius 2 is 0.703 bits per heavy atom. The Morgan fingerprint density at radius 1 is 0.391 bits per heavy atom. The van der Waals surface area contributed by atoms with Crippen molar-refractivity contribution in [2.45, 2.75) is 8.90 Å². The molecule has 24 heteroatoms. The first-order valence-electron chi connectivity index (χ1n) is 17.7. The van der Waals surface area contributed by atoms with E-state index in [1.807, 2.05) is 48.5 Å². The molecule has 4 heterocycles. The van der Waals surface area contributed by atoms with Gasteiger partial charge < -0.3 is 36.4 Å². The molecule has 2 aliphatic heterocycles.